The quantitative estimate of drug-likeness (QED) is 0.733. The molecule has 2 N–H and O–H groups in total. The second-order valence-electron chi connectivity index (χ2n) is 4.21. The molecule has 0 aromatic carbocycles. The van der Waals surface area contributed by atoms with Crippen LogP contribution in [0.4, 0.5) is 0 Å². The van der Waals surface area contributed by atoms with Crippen LogP contribution in [0.25, 0.3) is 0 Å². The van der Waals surface area contributed by atoms with Crippen molar-refractivity contribution < 1.29 is 8.42 Å². The van der Waals surface area contributed by atoms with E-state index in [0.29, 0.717) is 16.8 Å². The van der Waals surface area contributed by atoms with Crippen LogP contribution in [0.1, 0.15) is 18.7 Å². The summed E-state index contributed by atoms with van der Waals surface area (Å²) in [6, 6.07) is 3.89. The van der Waals surface area contributed by atoms with Crippen LogP contribution in [0.3, 0.4) is 0 Å². The molecule has 108 valence electrons. The molecule has 1 aliphatic heterocycles. The monoisotopic (exact) mass is 415 g/mol. The first kappa shape index (κ1) is 16.7. The van der Waals surface area contributed by atoms with Gasteiger partial charge in [-0.25, -0.2) is 8.42 Å². The number of guanidine groups is 1. The van der Waals surface area contributed by atoms with Crippen LogP contribution >= 0.6 is 35.3 Å². The summed E-state index contributed by atoms with van der Waals surface area (Å²) in [5.74, 6) is 0.933. The molecular formula is C11H18IN3O2S2. The summed E-state index contributed by atoms with van der Waals surface area (Å²) in [7, 11) is -3.08. The SMILES string of the molecule is CCS(=O)(=O)c1ccc(CNC2=NCC(C)N2)s1.I. The number of hydrogen-bond donors (Lipinski definition) is 2. The maximum Gasteiger partial charge on any atom is 0.191 e. The second kappa shape index (κ2) is 6.89. The van der Waals surface area contributed by atoms with Crippen molar-refractivity contribution in [1.82, 2.24) is 10.6 Å². The predicted molar refractivity (Wildman–Crippen MR) is 89.2 cm³/mol. The summed E-state index contributed by atoms with van der Waals surface area (Å²) < 4.78 is 23.8. The van der Waals surface area contributed by atoms with E-state index in [2.05, 4.69) is 22.5 Å². The lowest BCUT2D eigenvalue weighted by molar-refractivity contribution is 0.599. The summed E-state index contributed by atoms with van der Waals surface area (Å²) in [5.41, 5.74) is 0. The van der Waals surface area contributed by atoms with Crippen LogP contribution in [-0.4, -0.2) is 32.7 Å². The highest BCUT2D eigenvalue weighted by atomic mass is 127. The highest BCUT2D eigenvalue weighted by molar-refractivity contribution is 14.0. The average molecular weight is 415 g/mol. The molecule has 2 heterocycles. The first-order chi connectivity index (χ1) is 8.51. The van der Waals surface area contributed by atoms with E-state index >= 15 is 0 Å². The van der Waals surface area contributed by atoms with Gasteiger partial charge in [0.1, 0.15) is 4.21 Å². The molecule has 0 aliphatic carbocycles. The molecule has 8 heteroatoms. The van der Waals surface area contributed by atoms with Crippen molar-refractivity contribution in [3.05, 3.63) is 17.0 Å². The molecule has 0 radical (unpaired) electrons. The number of aliphatic imine (C=N–C) groups is 1. The molecule has 19 heavy (non-hydrogen) atoms. The smallest absolute Gasteiger partial charge is 0.191 e. The molecule has 1 atom stereocenters. The standard InChI is InChI=1S/C11H17N3O2S2.HI/c1-3-18(15,16)10-5-4-9(17-10)7-13-11-12-6-8(2)14-11;/h4-5,8H,3,6-7H2,1-2H3,(H2,12,13,14);1H. The van der Waals surface area contributed by atoms with Gasteiger partial charge in [-0.3, -0.25) is 4.99 Å². The Hall–Kier alpha value is -0.350. The van der Waals surface area contributed by atoms with Crippen LogP contribution < -0.4 is 10.6 Å². The van der Waals surface area contributed by atoms with E-state index in [9.17, 15) is 8.42 Å². The molecule has 1 aromatic rings. The zero-order valence-corrected chi connectivity index (χ0v) is 14.8. The minimum absolute atomic E-state index is 0. The lowest BCUT2D eigenvalue weighted by atomic mass is 10.4. The van der Waals surface area contributed by atoms with E-state index in [1.165, 1.54) is 11.3 Å². The van der Waals surface area contributed by atoms with Crippen LogP contribution in [0, 0.1) is 0 Å². The Morgan fingerprint density at radius 3 is 2.84 bits per heavy atom. The van der Waals surface area contributed by atoms with Crippen LogP contribution in [0.5, 0.6) is 0 Å². The molecule has 0 saturated carbocycles. The fraction of sp³-hybridized carbons (Fsp3) is 0.545. The van der Waals surface area contributed by atoms with E-state index in [1.54, 1.807) is 13.0 Å². The second-order valence-corrected chi connectivity index (χ2v) is 7.89. The van der Waals surface area contributed by atoms with E-state index in [-0.39, 0.29) is 29.7 Å². The van der Waals surface area contributed by atoms with Crippen molar-refractivity contribution in [2.75, 3.05) is 12.3 Å². The molecule has 1 aromatic heterocycles. The Morgan fingerprint density at radius 1 is 1.53 bits per heavy atom. The summed E-state index contributed by atoms with van der Waals surface area (Å²) in [5, 5.41) is 6.36. The van der Waals surface area contributed by atoms with Gasteiger partial charge in [-0.2, -0.15) is 0 Å². The van der Waals surface area contributed by atoms with Gasteiger partial charge in [0, 0.05) is 10.9 Å². The fourth-order valence-electron chi connectivity index (χ4n) is 1.59. The van der Waals surface area contributed by atoms with Gasteiger partial charge in [-0.05, 0) is 19.1 Å². The molecule has 2 rings (SSSR count). The van der Waals surface area contributed by atoms with Gasteiger partial charge >= 0.3 is 0 Å². The summed E-state index contributed by atoms with van der Waals surface area (Å²) in [4.78, 5) is 5.28. The molecule has 0 spiro atoms. The number of thiophene rings is 1. The molecule has 5 nitrogen and oxygen atoms in total. The first-order valence-corrected chi connectivity index (χ1v) is 8.34. The van der Waals surface area contributed by atoms with Crippen molar-refractivity contribution in [2.45, 2.75) is 30.6 Å². The third-order valence-corrected chi connectivity index (χ3v) is 6.06. The minimum atomic E-state index is -3.08. The minimum Gasteiger partial charge on any atom is -0.352 e. The van der Waals surface area contributed by atoms with Gasteiger partial charge in [0.15, 0.2) is 15.8 Å². The number of sulfone groups is 1. The van der Waals surface area contributed by atoms with E-state index in [4.69, 9.17) is 0 Å². The molecular weight excluding hydrogens is 397 g/mol. The Bertz CT molecular complexity index is 554. The topological polar surface area (TPSA) is 70.6 Å². The lowest BCUT2D eigenvalue weighted by Crippen LogP contribution is -2.36. The van der Waals surface area contributed by atoms with E-state index in [1.807, 2.05) is 6.07 Å². The van der Waals surface area contributed by atoms with Crippen molar-refractivity contribution in [3.63, 3.8) is 0 Å². The van der Waals surface area contributed by atoms with E-state index in [0.717, 1.165) is 17.4 Å². The van der Waals surface area contributed by atoms with Crippen molar-refractivity contribution in [3.8, 4) is 0 Å². The summed E-state index contributed by atoms with van der Waals surface area (Å²) in [6.45, 7) is 5.10. The van der Waals surface area contributed by atoms with Crippen LogP contribution in [0.2, 0.25) is 0 Å². The molecule has 0 bridgehead atoms. The van der Waals surface area contributed by atoms with Gasteiger partial charge in [-0.1, -0.05) is 6.92 Å². The molecule has 1 unspecified atom stereocenters. The Balaban J connectivity index is 0.00000180. The van der Waals surface area contributed by atoms with Crippen molar-refractivity contribution in [1.29, 1.82) is 0 Å². The number of nitrogens with zero attached hydrogens (tertiary/aromatic N) is 1. The van der Waals surface area contributed by atoms with Crippen LogP contribution in [0.15, 0.2) is 21.3 Å². The third kappa shape index (κ3) is 4.32. The normalized spacial score (nSPS) is 18.4. The maximum absolute atomic E-state index is 11.7. The van der Waals surface area contributed by atoms with Crippen molar-refractivity contribution in [2.24, 2.45) is 4.99 Å². The van der Waals surface area contributed by atoms with Gasteiger partial charge < -0.3 is 10.6 Å². The molecule has 1 aliphatic rings. The number of halogens is 1. The van der Waals surface area contributed by atoms with Gasteiger partial charge in [0.05, 0.1) is 18.8 Å². The predicted octanol–water partition coefficient (Wildman–Crippen LogP) is 1.60. The average Bonchev–Trinajstić information content (AvgIpc) is 2.95. The van der Waals surface area contributed by atoms with Crippen LogP contribution in [-0.2, 0) is 16.4 Å². The summed E-state index contributed by atoms with van der Waals surface area (Å²) in [6.07, 6.45) is 0. The fourth-order valence-corrected chi connectivity index (χ4v) is 4.01. The summed E-state index contributed by atoms with van der Waals surface area (Å²) >= 11 is 1.32. The van der Waals surface area contributed by atoms with E-state index < -0.39 is 9.84 Å². The van der Waals surface area contributed by atoms with Gasteiger partial charge in [-0.15, -0.1) is 35.3 Å². The van der Waals surface area contributed by atoms with Gasteiger partial charge in [0.2, 0.25) is 0 Å². The van der Waals surface area contributed by atoms with Crippen molar-refractivity contribution >= 4 is 51.1 Å². The molecule has 0 amide bonds. The number of rotatable bonds is 4. The number of nitrogens with one attached hydrogen (secondary N) is 2. The zero-order valence-electron chi connectivity index (χ0n) is 10.8. The Morgan fingerprint density at radius 2 is 2.26 bits per heavy atom. The zero-order chi connectivity index (χ0) is 13.2. The maximum atomic E-state index is 11.7. The largest absolute Gasteiger partial charge is 0.352 e. The highest BCUT2D eigenvalue weighted by Gasteiger charge is 2.15. The Kier molecular flexibility index (Phi) is 6.06. The first-order valence-electron chi connectivity index (χ1n) is 5.87. The molecule has 0 saturated heterocycles. The molecule has 0 fully saturated rings. The Labute approximate surface area is 134 Å². The lowest BCUT2D eigenvalue weighted by Gasteiger charge is -2.07. The third-order valence-electron chi connectivity index (χ3n) is 2.66. The van der Waals surface area contributed by atoms with Gasteiger partial charge in [0.25, 0.3) is 0 Å². The number of hydrogen-bond acceptors (Lipinski definition) is 6. The highest BCUT2D eigenvalue weighted by Crippen LogP contribution is 2.22.